The van der Waals surface area contributed by atoms with E-state index in [4.69, 9.17) is 4.74 Å². The fourth-order valence-electron chi connectivity index (χ4n) is 2.51. The molecule has 5 nitrogen and oxygen atoms in total. The van der Waals surface area contributed by atoms with Crippen molar-refractivity contribution in [3.8, 4) is 22.8 Å². The molecule has 1 heterocycles. The van der Waals surface area contributed by atoms with Crippen LogP contribution in [0.3, 0.4) is 0 Å². The van der Waals surface area contributed by atoms with E-state index in [1.54, 1.807) is 30.1 Å². The maximum Gasteiger partial charge on any atom is 0.387 e. The molecule has 0 aliphatic rings. The Morgan fingerprint density at radius 2 is 1.93 bits per heavy atom. The van der Waals surface area contributed by atoms with E-state index in [1.807, 2.05) is 36.6 Å². The molecule has 0 radical (unpaired) electrons. The summed E-state index contributed by atoms with van der Waals surface area (Å²) in [6.45, 7) is -0.277. The van der Waals surface area contributed by atoms with E-state index in [0.29, 0.717) is 6.54 Å². The lowest BCUT2D eigenvalue weighted by atomic mass is 10.2. The van der Waals surface area contributed by atoms with E-state index in [-0.39, 0.29) is 5.75 Å². The normalized spacial score (nSPS) is 12.1. The Morgan fingerprint density at radius 3 is 2.61 bits per heavy atom. The van der Waals surface area contributed by atoms with Gasteiger partial charge in [0.1, 0.15) is 11.5 Å². The number of ether oxygens (including phenoxy) is 2. The van der Waals surface area contributed by atoms with Gasteiger partial charge in [-0.05, 0) is 48.9 Å². The van der Waals surface area contributed by atoms with Gasteiger partial charge in [0, 0.05) is 17.5 Å². The van der Waals surface area contributed by atoms with Crippen LogP contribution in [-0.4, -0.2) is 31.2 Å². The molecule has 0 saturated heterocycles. The highest BCUT2D eigenvalue weighted by Crippen LogP contribution is 2.24. The predicted octanol–water partition coefficient (Wildman–Crippen LogP) is 4.63. The zero-order chi connectivity index (χ0) is 19.9. The molecule has 0 unspecified atom stereocenters. The van der Waals surface area contributed by atoms with Gasteiger partial charge in [-0.1, -0.05) is 12.1 Å². The SMILES string of the molecule is CCN=c1scc(-c2ccc(OC(F)F)cc2)n1/N=C\c1cccc(OC)c1. The number of hydrogen-bond acceptors (Lipinski definition) is 5. The van der Waals surface area contributed by atoms with Crippen molar-refractivity contribution in [1.82, 2.24) is 4.68 Å². The zero-order valence-corrected chi connectivity index (χ0v) is 16.2. The monoisotopic (exact) mass is 403 g/mol. The van der Waals surface area contributed by atoms with Gasteiger partial charge in [0.25, 0.3) is 0 Å². The van der Waals surface area contributed by atoms with Crippen molar-refractivity contribution in [2.75, 3.05) is 13.7 Å². The molecule has 0 bridgehead atoms. The number of halogens is 2. The highest BCUT2D eigenvalue weighted by Gasteiger charge is 2.09. The Bertz CT molecular complexity index is 1010. The molecule has 3 rings (SSSR count). The van der Waals surface area contributed by atoms with Crippen LogP contribution in [0.15, 0.2) is 64.0 Å². The molecule has 1 aromatic heterocycles. The summed E-state index contributed by atoms with van der Waals surface area (Å²) in [5.41, 5.74) is 2.50. The van der Waals surface area contributed by atoms with Crippen molar-refractivity contribution < 1.29 is 18.3 Å². The van der Waals surface area contributed by atoms with E-state index in [1.165, 1.54) is 23.5 Å². The molecule has 0 aliphatic heterocycles. The average molecular weight is 403 g/mol. The Morgan fingerprint density at radius 1 is 1.14 bits per heavy atom. The highest BCUT2D eigenvalue weighted by molar-refractivity contribution is 7.07. The molecule has 0 atom stereocenters. The summed E-state index contributed by atoms with van der Waals surface area (Å²) in [6.07, 6.45) is 1.72. The quantitative estimate of drug-likeness (QED) is 0.540. The molecule has 0 amide bonds. The first-order valence-corrected chi connectivity index (χ1v) is 9.43. The minimum Gasteiger partial charge on any atom is -0.497 e. The number of aromatic nitrogens is 1. The Balaban J connectivity index is 1.97. The first kappa shape index (κ1) is 19.8. The summed E-state index contributed by atoms with van der Waals surface area (Å²) in [5.74, 6) is 0.853. The fraction of sp³-hybridized carbons (Fsp3) is 0.200. The summed E-state index contributed by atoms with van der Waals surface area (Å²) in [7, 11) is 1.61. The van der Waals surface area contributed by atoms with Crippen molar-refractivity contribution >= 4 is 17.6 Å². The van der Waals surface area contributed by atoms with Gasteiger partial charge in [0.2, 0.25) is 4.80 Å². The Hall–Kier alpha value is -3.00. The lowest BCUT2D eigenvalue weighted by molar-refractivity contribution is -0.0498. The van der Waals surface area contributed by atoms with Gasteiger partial charge in [0.05, 0.1) is 19.0 Å². The third-order valence-corrected chi connectivity index (χ3v) is 4.62. The summed E-state index contributed by atoms with van der Waals surface area (Å²) in [5, 5.41) is 6.51. The highest BCUT2D eigenvalue weighted by atomic mass is 32.1. The number of alkyl halides is 2. The lowest BCUT2D eigenvalue weighted by Gasteiger charge is -2.07. The van der Waals surface area contributed by atoms with Gasteiger partial charge >= 0.3 is 6.61 Å². The van der Waals surface area contributed by atoms with Crippen LogP contribution in [0, 0.1) is 0 Å². The van der Waals surface area contributed by atoms with Gasteiger partial charge in [-0.15, -0.1) is 11.3 Å². The van der Waals surface area contributed by atoms with E-state index in [9.17, 15) is 8.78 Å². The van der Waals surface area contributed by atoms with Crippen molar-refractivity contribution in [1.29, 1.82) is 0 Å². The average Bonchev–Trinajstić information content (AvgIpc) is 3.09. The number of thiazole rings is 1. The van der Waals surface area contributed by atoms with Crippen molar-refractivity contribution in [2.45, 2.75) is 13.5 Å². The second-order valence-corrected chi connectivity index (χ2v) is 6.45. The maximum atomic E-state index is 12.3. The minimum atomic E-state index is -2.85. The Kier molecular flexibility index (Phi) is 6.54. The molecule has 0 spiro atoms. The van der Waals surface area contributed by atoms with Crippen molar-refractivity contribution in [3.63, 3.8) is 0 Å². The van der Waals surface area contributed by atoms with Gasteiger partial charge in [0.15, 0.2) is 0 Å². The topological polar surface area (TPSA) is 48.1 Å². The molecule has 146 valence electrons. The van der Waals surface area contributed by atoms with E-state index < -0.39 is 6.61 Å². The number of benzene rings is 2. The third kappa shape index (κ3) is 4.83. The zero-order valence-electron chi connectivity index (χ0n) is 15.4. The van der Waals surface area contributed by atoms with Crippen LogP contribution in [0.4, 0.5) is 8.78 Å². The van der Waals surface area contributed by atoms with E-state index in [0.717, 1.165) is 27.4 Å². The first-order valence-electron chi connectivity index (χ1n) is 8.55. The molecule has 2 aromatic carbocycles. The van der Waals surface area contributed by atoms with Gasteiger partial charge in [-0.2, -0.15) is 13.9 Å². The minimum absolute atomic E-state index is 0.110. The van der Waals surface area contributed by atoms with Gasteiger partial charge < -0.3 is 9.47 Å². The van der Waals surface area contributed by atoms with Crippen LogP contribution in [0.25, 0.3) is 11.3 Å². The summed E-state index contributed by atoms with van der Waals surface area (Å²) >= 11 is 1.46. The van der Waals surface area contributed by atoms with Crippen LogP contribution in [0.2, 0.25) is 0 Å². The molecule has 28 heavy (non-hydrogen) atoms. The van der Waals surface area contributed by atoms with Crippen LogP contribution in [0.5, 0.6) is 11.5 Å². The third-order valence-electron chi connectivity index (χ3n) is 3.77. The smallest absolute Gasteiger partial charge is 0.387 e. The molecular formula is C20H19F2N3O2S. The molecule has 0 saturated carbocycles. The van der Waals surface area contributed by atoms with Crippen LogP contribution >= 0.6 is 11.3 Å². The predicted molar refractivity (Wildman–Crippen MR) is 106 cm³/mol. The number of rotatable bonds is 7. The maximum absolute atomic E-state index is 12.3. The molecular weight excluding hydrogens is 384 g/mol. The number of hydrogen-bond donors (Lipinski definition) is 0. The second-order valence-electron chi connectivity index (χ2n) is 5.61. The first-order chi connectivity index (χ1) is 13.6. The standard InChI is InChI=1S/C20H19F2N3O2S/c1-3-23-20-25(24-12-14-5-4-6-17(11-14)26-2)18(13-28-20)15-7-9-16(10-8-15)27-19(21)22/h4-13,19H,3H2,1-2H3/b23-20?,24-12-. The van der Waals surface area contributed by atoms with E-state index >= 15 is 0 Å². The fourth-order valence-corrected chi connectivity index (χ4v) is 3.41. The largest absolute Gasteiger partial charge is 0.497 e. The summed E-state index contributed by atoms with van der Waals surface area (Å²) in [4.78, 5) is 5.22. The Labute approximate surface area is 165 Å². The summed E-state index contributed by atoms with van der Waals surface area (Å²) in [6, 6.07) is 14.0. The van der Waals surface area contributed by atoms with Crippen LogP contribution in [-0.2, 0) is 0 Å². The molecule has 8 heteroatoms. The number of methoxy groups -OCH3 is 1. The van der Waals surface area contributed by atoms with Crippen LogP contribution < -0.4 is 14.3 Å². The second kappa shape index (κ2) is 9.27. The molecule has 0 fully saturated rings. The van der Waals surface area contributed by atoms with Gasteiger partial charge in [-0.25, -0.2) is 4.68 Å². The molecule has 3 aromatic rings. The molecule has 0 N–H and O–H groups in total. The van der Waals surface area contributed by atoms with Crippen molar-refractivity contribution in [3.05, 3.63) is 64.3 Å². The number of nitrogens with zero attached hydrogens (tertiary/aromatic N) is 3. The van der Waals surface area contributed by atoms with Crippen molar-refractivity contribution in [2.24, 2.45) is 10.1 Å². The van der Waals surface area contributed by atoms with Crippen LogP contribution in [0.1, 0.15) is 12.5 Å². The summed E-state index contributed by atoms with van der Waals surface area (Å²) < 4.78 is 36.1. The van der Waals surface area contributed by atoms with Gasteiger partial charge in [-0.3, -0.25) is 4.99 Å². The van der Waals surface area contributed by atoms with E-state index in [2.05, 4.69) is 14.8 Å². The lowest BCUT2D eigenvalue weighted by Crippen LogP contribution is -2.12. The molecule has 0 aliphatic carbocycles.